The van der Waals surface area contributed by atoms with E-state index in [1.54, 1.807) is 29.2 Å². The van der Waals surface area contributed by atoms with Gasteiger partial charge in [-0.25, -0.2) is 12.8 Å². The number of hydrogen-bond acceptors (Lipinski definition) is 6. The maximum Gasteiger partial charge on any atom is 0.255 e. The van der Waals surface area contributed by atoms with Gasteiger partial charge in [-0.05, 0) is 36.4 Å². The van der Waals surface area contributed by atoms with E-state index in [2.05, 4.69) is 10.4 Å². The molecule has 4 rings (SSSR count). The number of halogens is 1. The van der Waals surface area contributed by atoms with Crippen LogP contribution in [0.5, 0.6) is 5.75 Å². The Morgan fingerprint density at radius 3 is 2.62 bits per heavy atom. The van der Waals surface area contributed by atoms with Gasteiger partial charge >= 0.3 is 0 Å². The van der Waals surface area contributed by atoms with Crippen LogP contribution in [0.2, 0.25) is 0 Å². The zero-order valence-electron chi connectivity index (χ0n) is 18.8. The first-order valence-corrected chi connectivity index (χ1v) is 12.2. The van der Waals surface area contributed by atoms with Crippen LogP contribution in [-0.4, -0.2) is 51.1 Å². The standard InChI is InChI=1S/C23H23FN4O5S/c1-25-23(29)21-17-13-20(32-12-11-28-10-4-9-26-28)18(27(2)34(3,30)31)14-19(17)33-22(21)15-5-7-16(24)8-6-15/h4-10,13-14H,11-12H2,1-3H3,(H,25,29). The molecule has 0 bridgehead atoms. The normalized spacial score (nSPS) is 11.5. The Hall–Kier alpha value is -3.86. The molecule has 1 amide bonds. The molecule has 2 aromatic heterocycles. The van der Waals surface area contributed by atoms with Gasteiger partial charge in [0.1, 0.15) is 29.5 Å². The Morgan fingerprint density at radius 1 is 1.26 bits per heavy atom. The van der Waals surface area contributed by atoms with Gasteiger partial charge in [0.15, 0.2) is 0 Å². The van der Waals surface area contributed by atoms with E-state index >= 15 is 0 Å². The van der Waals surface area contributed by atoms with Crippen LogP contribution in [0, 0.1) is 5.82 Å². The molecule has 1 N–H and O–H groups in total. The van der Waals surface area contributed by atoms with E-state index in [1.807, 2.05) is 0 Å². The number of fused-ring (bicyclic) bond motifs is 1. The average molecular weight is 487 g/mol. The summed E-state index contributed by atoms with van der Waals surface area (Å²) in [4.78, 5) is 12.8. The van der Waals surface area contributed by atoms with Crippen LogP contribution in [0.3, 0.4) is 0 Å². The first-order valence-electron chi connectivity index (χ1n) is 10.3. The molecule has 11 heteroatoms. The van der Waals surface area contributed by atoms with Gasteiger partial charge in [0, 0.05) is 43.5 Å². The van der Waals surface area contributed by atoms with Crippen LogP contribution in [0.1, 0.15) is 10.4 Å². The first kappa shape index (κ1) is 23.3. The number of hydrogen-bond donors (Lipinski definition) is 1. The highest BCUT2D eigenvalue weighted by Crippen LogP contribution is 2.40. The molecule has 4 aromatic rings. The Bertz CT molecular complexity index is 1430. The Kier molecular flexibility index (Phi) is 6.29. The third-order valence-electron chi connectivity index (χ3n) is 5.30. The second kappa shape index (κ2) is 9.18. The number of rotatable bonds is 8. The minimum absolute atomic E-state index is 0.204. The number of ether oxygens (including phenoxy) is 1. The molecule has 0 unspecified atom stereocenters. The first-order chi connectivity index (χ1) is 16.2. The van der Waals surface area contributed by atoms with Crippen molar-refractivity contribution in [2.45, 2.75) is 6.54 Å². The summed E-state index contributed by atoms with van der Waals surface area (Å²) in [5, 5.41) is 7.14. The number of nitrogens with zero attached hydrogens (tertiary/aromatic N) is 3. The maximum atomic E-state index is 13.5. The van der Waals surface area contributed by atoms with E-state index in [0.717, 1.165) is 10.6 Å². The van der Waals surface area contributed by atoms with Gasteiger partial charge < -0.3 is 14.5 Å². The summed E-state index contributed by atoms with van der Waals surface area (Å²) in [5.41, 5.74) is 1.26. The predicted octanol–water partition coefficient (Wildman–Crippen LogP) is 3.27. The Balaban J connectivity index is 1.86. The SMILES string of the molecule is CNC(=O)c1c(-c2ccc(F)cc2)oc2cc(N(C)S(C)(=O)=O)c(OCCn3cccn3)cc12. The highest BCUT2D eigenvalue weighted by atomic mass is 32.2. The van der Waals surface area contributed by atoms with Crippen LogP contribution in [0.15, 0.2) is 59.3 Å². The van der Waals surface area contributed by atoms with Crippen LogP contribution in [0.25, 0.3) is 22.3 Å². The van der Waals surface area contributed by atoms with Gasteiger partial charge in [0.2, 0.25) is 10.0 Å². The minimum Gasteiger partial charge on any atom is -0.489 e. The quantitative estimate of drug-likeness (QED) is 0.410. The largest absolute Gasteiger partial charge is 0.489 e. The number of sulfonamides is 1. The third-order valence-corrected chi connectivity index (χ3v) is 6.50. The second-order valence-corrected chi connectivity index (χ2v) is 9.57. The number of benzene rings is 2. The minimum atomic E-state index is -3.62. The number of amides is 1. The van der Waals surface area contributed by atoms with Gasteiger partial charge in [-0.3, -0.25) is 13.8 Å². The lowest BCUT2D eigenvalue weighted by Gasteiger charge is -2.20. The van der Waals surface area contributed by atoms with Gasteiger partial charge in [-0.2, -0.15) is 5.10 Å². The second-order valence-electron chi connectivity index (χ2n) is 7.56. The number of furan rings is 1. The van der Waals surface area contributed by atoms with E-state index in [4.69, 9.17) is 9.15 Å². The maximum absolute atomic E-state index is 13.5. The van der Waals surface area contributed by atoms with Crippen molar-refractivity contribution < 1.29 is 26.8 Å². The molecule has 0 aliphatic carbocycles. The molecular formula is C23H23FN4O5S. The molecule has 0 saturated carbocycles. The summed E-state index contributed by atoms with van der Waals surface area (Å²) >= 11 is 0. The predicted molar refractivity (Wildman–Crippen MR) is 126 cm³/mol. The number of nitrogens with one attached hydrogen (secondary N) is 1. The zero-order valence-corrected chi connectivity index (χ0v) is 19.6. The summed E-state index contributed by atoms with van der Waals surface area (Å²) in [6, 6.07) is 10.4. The topological polar surface area (TPSA) is 107 Å². The zero-order chi connectivity index (χ0) is 24.5. The monoisotopic (exact) mass is 486 g/mol. The smallest absolute Gasteiger partial charge is 0.255 e. The lowest BCUT2D eigenvalue weighted by Crippen LogP contribution is -2.25. The fraction of sp³-hybridized carbons (Fsp3) is 0.217. The fourth-order valence-corrected chi connectivity index (χ4v) is 3.99. The number of carbonyl (C=O) groups is 1. The van der Waals surface area contributed by atoms with Crippen LogP contribution >= 0.6 is 0 Å². The van der Waals surface area contributed by atoms with E-state index in [1.165, 1.54) is 44.4 Å². The molecular weight excluding hydrogens is 463 g/mol. The highest BCUT2D eigenvalue weighted by Gasteiger charge is 2.26. The summed E-state index contributed by atoms with van der Waals surface area (Å²) in [5.74, 6) is -0.351. The molecule has 34 heavy (non-hydrogen) atoms. The molecule has 0 spiro atoms. The molecule has 0 radical (unpaired) electrons. The Labute approximate surface area is 195 Å². The average Bonchev–Trinajstić information content (AvgIpc) is 3.45. The third kappa shape index (κ3) is 4.60. The summed E-state index contributed by atoms with van der Waals surface area (Å²) in [7, 11) is -0.731. The van der Waals surface area contributed by atoms with Crippen molar-refractivity contribution in [3.63, 3.8) is 0 Å². The van der Waals surface area contributed by atoms with E-state index in [0.29, 0.717) is 17.5 Å². The van der Waals surface area contributed by atoms with E-state index in [9.17, 15) is 17.6 Å². The van der Waals surface area contributed by atoms with Crippen molar-refractivity contribution in [2.24, 2.45) is 0 Å². The summed E-state index contributed by atoms with van der Waals surface area (Å²) < 4.78 is 52.7. The van der Waals surface area contributed by atoms with Crippen LogP contribution < -0.4 is 14.4 Å². The van der Waals surface area contributed by atoms with Crippen molar-refractivity contribution >= 4 is 32.6 Å². The Morgan fingerprint density at radius 2 is 2.00 bits per heavy atom. The molecule has 2 heterocycles. The van der Waals surface area contributed by atoms with Crippen LogP contribution in [0.4, 0.5) is 10.1 Å². The van der Waals surface area contributed by atoms with Gasteiger partial charge in [-0.15, -0.1) is 0 Å². The summed E-state index contributed by atoms with van der Waals surface area (Å²) in [6.07, 6.45) is 4.50. The molecule has 0 saturated heterocycles. The molecule has 9 nitrogen and oxygen atoms in total. The molecule has 0 atom stereocenters. The van der Waals surface area contributed by atoms with E-state index < -0.39 is 21.7 Å². The van der Waals surface area contributed by atoms with Gasteiger partial charge in [-0.1, -0.05) is 0 Å². The summed E-state index contributed by atoms with van der Waals surface area (Å²) in [6.45, 7) is 0.636. The number of aromatic nitrogens is 2. The lowest BCUT2D eigenvalue weighted by molar-refractivity contribution is 0.0964. The number of anilines is 1. The van der Waals surface area contributed by atoms with Crippen molar-refractivity contribution in [3.8, 4) is 17.1 Å². The molecule has 0 aliphatic rings. The molecule has 0 aliphatic heterocycles. The van der Waals surface area contributed by atoms with E-state index in [-0.39, 0.29) is 35.0 Å². The fourth-order valence-electron chi connectivity index (χ4n) is 3.49. The van der Waals surface area contributed by atoms with Crippen molar-refractivity contribution in [2.75, 3.05) is 31.3 Å². The molecule has 178 valence electrons. The molecule has 0 fully saturated rings. The van der Waals surface area contributed by atoms with Gasteiger partial charge in [0.25, 0.3) is 5.91 Å². The lowest BCUT2D eigenvalue weighted by atomic mass is 10.0. The van der Waals surface area contributed by atoms with Gasteiger partial charge in [0.05, 0.1) is 24.1 Å². The van der Waals surface area contributed by atoms with Crippen molar-refractivity contribution in [3.05, 3.63) is 66.2 Å². The van der Waals surface area contributed by atoms with Crippen molar-refractivity contribution in [1.82, 2.24) is 15.1 Å². The molecule has 2 aromatic carbocycles. The van der Waals surface area contributed by atoms with Crippen molar-refractivity contribution in [1.29, 1.82) is 0 Å². The highest BCUT2D eigenvalue weighted by molar-refractivity contribution is 7.92. The van der Waals surface area contributed by atoms with Crippen LogP contribution in [-0.2, 0) is 16.6 Å². The number of carbonyl (C=O) groups excluding carboxylic acids is 1.